The molecule has 2 saturated heterocycles. The molecule has 4 amide bonds. The Morgan fingerprint density at radius 2 is 1.67 bits per heavy atom. The van der Waals surface area contributed by atoms with Crippen LogP contribution in [-0.2, 0) is 27.2 Å². The summed E-state index contributed by atoms with van der Waals surface area (Å²) < 4.78 is 0. The number of piperidine rings is 1. The molecule has 12 heteroatoms. The predicted molar refractivity (Wildman–Crippen MR) is 199 cm³/mol. The Morgan fingerprint density at radius 3 is 2.44 bits per heavy atom. The fourth-order valence-corrected chi connectivity index (χ4v) is 7.91. The number of amides is 4. The zero-order valence-electron chi connectivity index (χ0n) is 29.0. The van der Waals surface area contributed by atoms with E-state index >= 15 is 0 Å². The SMILES string of the molecule is CNC(=O)[C@H](CCCc1ccccc1)NC(=O)C1CN(C(=O)Cc2c[nH]c3cc(Cl)ccc23)CC2CN(C(=O)c3cc(-c4ccccc4)[nH]n3)C[C@@H]21. The normalized spacial score (nSPS) is 18.9. The molecule has 2 fully saturated rings. The van der Waals surface area contributed by atoms with E-state index in [1.54, 1.807) is 29.0 Å². The summed E-state index contributed by atoms with van der Waals surface area (Å²) in [4.78, 5) is 61.7. The second-order valence-corrected chi connectivity index (χ2v) is 14.2. The summed E-state index contributed by atoms with van der Waals surface area (Å²) in [6.45, 7) is 1.33. The van der Waals surface area contributed by atoms with Crippen LogP contribution in [0, 0.1) is 17.8 Å². The number of likely N-dealkylation sites (tertiary alicyclic amines) is 2. The van der Waals surface area contributed by atoms with Gasteiger partial charge in [-0.2, -0.15) is 5.10 Å². The van der Waals surface area contributed by atoms with E-state index in [1.165, 1.54) is 0 Å². The highest BCUT2D eigenvalue weighted by Crippen LogP contribution is 2.37. The highest BCUT2D eigenvalue weighted by atomic mass is 35.5. The van der Waals surface area contributed by atoms with Crippen molar-refractivity contribution in [2.75, 3.05) is 33.2 Å². The van der Waals surface area contributed by atoms with Crippen molar-refractivity contribution in [3.8, 4) is 11.3 Å². The Bertz CT molecular complexity index is 2060. The van der Waals surface area contributed by atoms with Crippen LogP contribution in [0.3, 0.4) is 0 Å². The molecule has 0 radical (unpaired) electrons. The number of halogens is 1. The quantitative estimate of drug-likeness (QED) is 0.154. The topological polar surface area (TPSA) is 143 Å². The Kier molecular flexibility index (Phi) is 10.4. The van der Waals surface area contributed by atoms with Crippen molar-refractivity contribution in [1.29, 1.82) is 0 Å². The fourth-order valence-electron chi connectivity index (χ4n) is 7.74. The third-order valence-electron chi connectivity index (χ3n) is 10.5. The number of hydrogen-bond acceptors (Lipinski definition) is 5. The third kappa shape index (κ3) is 7.60. The van der Waals surface area contributed by atoms with Gasteiger partial charge in [-0.1, -0.05) is 78.3 Å². The van der Waals surface area contributed by atoms with Crippen LogP contribution in [0.25, 0.3) is 22.2 Å². The van der Waals surface area contributed by atoms with Crippen molar-refractivity contribution in [2.24, 2.45) is 17.8 Å². The second-order valence-electron chi connectivity index (χ2n) is 13.8. The van der Waals surface area contributed by atoms with Gasteiger partial charge in [0.25, 0.3) is 5.91 Å². The number of likely N-dealkylation sites (N-methyl/N-ethyl adjacent to an activating group) is 1. The van der Waals surface area contributed by atoms with Crippen LogP contribution in [0.4, 0.5) is 0 Å². The molecule has 0 saturated carbocycles. The van der Waals surface area contributed by atoms with E-state index in [1.807, 2.05) is 79.0 Å². The maximum absolute atomic E-state index is 14.2. The lowest BCUT2D eigenvalue weighted by Gasteiger charge is -2.40. The summed E-state index contributed by atoms with van der Waals surface area (Å²) >= 11 is 6.18. The van der Waals surface area contributed by atoms with Gasteiger partial charge in [-0.3, -0.25) is 24.3 Å². The summed E-state index contributed by atoms with van der Waals surface area (Å²) in [6, 6.07) is 26.2. The summed E-state index contributed by atoms with van der Waals surface area (Å²) in [6.07, 6.45) is 3.91. The van der Waals surface area contributed by atoms with Crippen LogP contribution < -0.4 is 10.6 Å². The third-order valence-corrected chi connectivity index (χ3v) is 10.7. The first-order valence-corrected chi connectivity index (χ1v) is 18.1. The number of benzene rings is 3. The number of nitrogens with zero attached hydrogens (tertiary/aromatic N) is 3. The van der Waals surface area contributed by atoms with Gasteiger partial charge in [-0.15, -0.1) is 0 Å². The van der Waals surface area contributed by atoms with Crippen molar-refractivity contribution < 1.29 is 19.2 Å². The number of aromatic amines is 2. The molecule has 0 spiro atoms. The van der Waals surface area contributed by atoms with Gasteiger partial charge in [0.1, 0.15) is 6.04 Å². The van der Waals surface area contributed by atoms with Crippen molar-refractivity contribution in [2.45, 2.75) is 31.7 Å². The molecule has 2 aromatic heterocycles. The molecule has 4 atom stereocenters. The zero-order valence-corrected chi connectivity index (χ0v) is 29.7. The van der Waals surface area contributed by atoms with Gasteiger partial charge in [0.05, 0.1) is 18.0 Å². The molecule has 3 aromatic carbocycles. The zero-order chi connectivity index (χ0) is 36.2. The molecule has 0 bridgehead atoms. The maximum Gasteiger partial charge on any atom is 0.274 e. The van der Waals surface area contributed by atoms with Gasteiger partial charge >= 0.3 is 0 Å². The molecule has 11 nitrogen and oxygen atoms in total. The van der Waals surface area contributed by atoms with Crippen LogP contribution in [0.2, 0.25) is 5.02 Å². The molecule has 2 aliphatic rings. The number of aromatic nitrogens is 3. The van der Waals surface area contributed by atoms with E-state index in [9.17, 15) is 19.2 Å². The van der Waals surface area contributed by atoms with Gasteiger partial charge in [0.2, 0.25) is 17.7 Å². The fraction of sp³-hybridized carbons (Fsp3) is 0.325. The van der Waals surface area contributed by atoms with E-state index in [4.69, 9.17) is 11.6 Å². The molecule has 5 aromatic rings. The van der Waals surface area contributed by atoms with Gasteiger partial charge < -0.3 is 25.4 Å². The van der Waals surface area contributed by atoms with Gasteiger partial charge in [-0.05, 0) is 66.0 Å². The van der Waals surface area contributed by atoms with Gasteiger partial charge in [-0.25, -0.2) is 0 Å². The van der Waals surface area contributed by atoms with E-state index in [2.05, 4.69) is 25.8 Å². The summed E-state index contributed by atoms with van der Waals surface area (Å²) in [7, 11) is 1.56. The van der Waals surface area contributed by atoms with E-state index in [0.717, 1.165) is 39.7 Å². The first-order valence-electron chi connectivity index (χ1n) is 17.8. The molecule has 7 rings (SSSR count). The molecule has 0 aliphatic carbocycles. The second kappa shape index (κ2) is 15.4. The first-order chi connectivity index (χ1) is 25.3. The Balaban J connectivity index is 1.10. The van der Waals surface area contributed by atoms with Crippen molar-refractivity contribution in [3.63, 3.8) is 0 Å². The molecule has 2 unspecified atom stereocenters. The highest BCUT2D eigenvalue weighted by molar-refractivity contribution is 6.31. The lowest BCUT2D eigenvalue weighted by molar-refractivity contribution is -0.140. The number of fused-ring (bicyclic) bond motifs is 2. The molecular weight excluding hydrogens is 678 g/mol. The molecule has 2 aliphatic heterocycles. The van der Waals surface area contributed by atoms with E-state index in [-0.39, 0.29) is 48.4 Å². The summed E-state index contributed by atoms with van der Waals surface area (Å²) in [5, 5.41) is 14.6. The minimum Gasteiger partial charge on any atom is -0.361 e. The van der Waals surface area contributed by atoms with Crippen molar-refractivity contribution >= 4 is 46.1 Å². The summed E-state index contributed by atoms with van der Waals surface area (Å²) in [5.41, 5.74) is 4.80. The number of hydrogen-bond donors (Lipinski definition) is 4. The average Bonchev–Trinajstić information content (AvgIpc) is 3.93. The van der Waals surface area contributed by atoms with Crippen molar-refractivity contribution in [1.82, 2.24) is 35.6 Å². The largest absolute Gasteiger partial charge is 0.361 e. The standard InChI is InChI=1S/C40H42ClN7O4/c1-42-39(51)33(14-8-11-25-9-4-2-5-10-25)44-38(50)32-24-47(37(49)17-27-20-43-35-18-29(41)15-16-30(27)35)21-28-22-48(23-31(28)32)40(52)36-19-34(45-46-36)26-12-6-3-7-13-26/h2-7,9-10,12-13,15-16,18-20,28,31-33,43H,8,11,14,17,21-24H2,1H3,(H,42,51)(H,44,50)(H,45,46)/t28?,31-,32?,33-/m0/s1. The van der Waals surface area contributed by atoms with Crippen LogP contribution in [0.1, 0.15) is 34.5 Å². The number of nitrogens with one attached hydrogen (secondary N) is 4. The predicted octanol–water partition coefficient (Wildman–Crippen LogP) is 4.85. The minimum absolute atomic E-state index is 0.109. The molecular formula is C40H42ClN7O4. The van der Waals surface area contributed by atoms with E-state index < -0.39 is 12.0 Å². The number of carbonyl (C=O) groups is 4. The monoisotopic (exact) mass is 719 g/mol. The van der Waals surface area contributed by atoms with Crippen LogP contribution in [0.5, 0.6) is 0 Å². The lowest BCUT2D eigenvalue weighted by atomic mass is 9.79. The smallest absolute Gasteiger partial charge is 0.274 e. The number of H-pyrrole nitrogens is 2. The number of rotatable bonds is 11. The lowest BCUT2D eigenvalue weighted by Crippen LogP contribution is -2.56. The Hall–Kier alpha value is -5.42. The first kappa shape index (κ1) is 35.0. The Labute approximate surface area is 307 Å². The molecule has 268 valence electrons. The molecule has 4 N–H and O–H groups in total. The molecule has 4 heterocycles. The van der Waals surface area contributed by atoms with Crippen LogP contribution in [0.15, 0.2) is 91.1 Å². The Morgan fingerprint density at radius 1 is 0.923 bits per heavy atom. The van der Waals surface area contributed by atoms with Crippen molar-refractivity contribution in [3.05, 3.63) is 113 Å². The van der Waals surface area contributed by atoms with Gasteiger partial charge in [0.15, 0.2) is 5.69 Å². The van der Waals surface area contributed by atoms with Crippen LogP contribution in [-0.4, -0.2) is 87.9 Å². The van der Waals surface area contributed by atoms with E-state index in [0.29, 0.717) is 43.2 Å². The van der Waals surface area contributed by atoms with Gasteiger partial charge in [0, 0.05) is 55.3 Å². The number of carbonyl (C=O) groups excluding carboxylic acids is 4. The number of aryl methyl sites for hydroxylation is 1. The highest BCUT2D eigenvalue weighted by Gasteiger charge is 2.48. The maximum atomic E-state index is 14.2. The molecule has 52 heavy (non-hydrogen) atoms. The minimum atomic E-state index is -0.733. The summed E-state index contributed by atoms with van der Waals surface area (Å²) in [5.74, 6) is -1.86. The van der Waals surface area contributed by atoms with Crippen LogP contribution >= 0.6 is 11.6 Å². The average molecular weight is 720 g/mol.